The van der Waals surface area contributed by atoms with E-state index in [0.29, 0.717) is 0 Å². The van der Waals surface area contributed by atoms with Crippen LogP contribution in [0.1, 0.15) is 11.9 Å². The van der Waals surface area contributed by atoms with Crippen LogP contribution >= 0.6 is 0 Å². The lowest BCUT2D eigenvalue weighted by atomic mass is 10.2. The Hall–Kier alpha value is -0.870. The van der Waals surface area contributed by atoms with E-state index in [1.165, 1.54) is 0 Å². The van der Waals surface area contributed by atoms with Crippen LogP contribution in [-0.2, 0) is 0 Å². The molecule has 1 aromatic rings. The van der Waals surface area contributed by atoms with E-state index in [1.54, 1.807) is 6.20 Å². The van der Waals surface area contributed by atoms with Crippen LogP contribution in [0.25, 0.3) is 0 Å². The van der Waals surface area contributed by atoms with Gasteiger partial charge in [-0.15, -0.1) is 0 Å². The van der Waals surface area contributed by atoms with Crippen LogP contribution in [0.2, 0.25) is 0 Å². The molecule has 11 heavy (non-hydrogen) atoms. The number of piperazine rings is 1. The molecule has 2 N–H and O–H groups in total. The first kappa shape index (κ1) is 6.82. The Morgan fingerprint density at radius 2 is 2.55 bits per heavy atom. The SMILES string of the molecule is c1c[nH]c(C2CNCC[N]2)n1. The van der Waals surface area contributed by atoms with Gasteiger partial charge in [-0.2, -0.15) is 0 Å². The van der Waals surface area contributed by atoms with Gasteiger partial charge in [0.2, 0.25) is 0 Å². The van der Waals surface area contributed by atoms with Gasteiger partial charge in [0.15, 0.2) is 0 Å². The second-order valence-corrected chi connectivity index (χ2v) is 2.60. The van der Waals surface area contributed by atoms with Gasteiger partial charge in [0.25, 0.3) is 0 Å². The molecular formula is C7H11N4. The predicted octanol–water partition coefficient (Wildman–Crippen LogP) is -0.342. The number of imidazole rings is 1. The molecule has 1 fully saturated rings. The minimum atomic E-state index is 0.235. The van der Waals surface area contributed by atoms with E-state index in [-0.39, 0.29) is 6.04 Å². The largest absolute Gasteiger partial charge is 0.347 e. The molecule has 59 valence electrons. The summed E-state index contributed by atoms with van der Waals surface area (Å²) in [5, 5.41) is 7.68. The van der Waals surface area contributed by atoms with E-state index in [2.05, 4.69) is 20.6 Å². The third kappa shape index (κ3) is 1.41. The Morgan fingerprint density at radius 3 is 3.18 bits per heavy atom. The number of nitrogens with one attached hydrogen (secondary N) is 2. The molecular weight excluding hydrogens is 140 g/mol. The van der Waals surface area contributed by atoms with Gasteiger partial charge in [0.1, 0.15) is 5.82 Å². The van der Waals surface area contributed by atoms with Crippen molar-refractivity contribution in [2.24, 2.45) is 0 Å². The summed E-state index contributed by atoms with van der Waals surface area (Å²) in [6.07, 6.45) is 3.60. The fourth-order valence-corrected chi connectivity index (χ4v) is 1.25. The average Bonchev–Trinajstić information content (AvgIpc) is 2.58. The lowest BCUT2D eigenvalue weighted by Crippen LogP contribution is -2.39. The molecule has 0 saturated carbocycles. The van der Waals surface area contributed by atoms with Crippen molar-refractivity contribution in [1.29, 1.82) is 0 Å². The quantitative estimate of drug-likeness (QED) is 0.577. The second-order valence-electron chi connectivity index (χ2n) is 2.60. The van der Waals surface area contributed by atoms with Crippen molar-refractivity contribution < 1.29 is 0 Å². The standard InChI is InChI=1S/C7H11N4/c1-2-9-6(5-8-1)7-10-3-4-11-7/h3-4,6,8H,1-2,5H2,(H,10,11). The smallest absolute Gasteiger partial charge is 0.126 e. The van der Waals surface area contributed by atoms with Gasteiger partial charge >= 0.3 is 0 Å². The zero-order valence-corrected chi connectivity index (χ0v) is 6.25. The van der Waals surface area contributed by atoms with Gasteiger partial charge in [0.05, 0.1) is 6.04 Å². The van der Waals surface area contributed by atoms with Crippen LogP contribution in [0.3, 0.4) is 0 Å². The van der Waals surface area contributed by atoms with Crippen molar-refractivity contribution >= 4 is 0 Å². The van der Waals surface area contributed by atoms with E-state index in [0.717, 1.165) is 25.5 Å². The highest BCUT2D eigenvalue weighted by molar-refractivity contribution is 4.97. The third-order valence-corrected chi connectivity index (χ3v) is 1.81. The fourth-order valence-electron chi connectivity index (χ4n) is 1.25. The Morgan fingerprint density at radius 1 is 1.55 bits per heavy atom. The van der Waals surface area contributed by atoms with E-state index < -0.39 is 0 Å². The molecule has 1 radical (unpaired) electrons. The van der Waals surface area contributed by atoms with Gasteiger partial charge in [-0.05, 0) is 0 Å². The van der Waals surface area contributed by atoms with E-state index >= 15 is 0 Å². The van der Waals surface area contributed by atoms with Crippen molar-refractivity contribution in [1.82, 2.24) is 20.6 Å². The highest BCUT2D eigenvalue weighted by atomic mass is 15.1. The number of hydrogen-bond acceptors (Lipinski definition) is 2. The lowest BCUT2D eigenvalue weighted by Gasteiger charge is -2.20. The summed E-state index contributed by atoms with van der Waals surface area (Å²) < 4.78 is 0. The fraction of sp³-hybridized carbons (Fsp3) is 0.571. The minimum Gasteiger partial charge on any atom is -0.347 e. The van der Waals surface area contributed by atoms with Gasteiger partial charge < -0.3 is 10.3 Å². The number of aromatic nitrogens is 2. The predicted molar refractivity (Wildman–Crippen MR) is 41.2 cm³/mol. The van der Waals surface area contributed by atoms with Crippen LogP contribution in [-0.4, -0.2) is 29.6 Å². The van der Waals surface area contributed by atoms with Gasteiger partial charge in [-0.25, -0.2) is 10.3 Å². The second kappa shape index (κ2) is 3.02. The average molecular weight is 151 g/mol. The molecule has 0 spiro atoms. The van der Waals surface area contributed by atoms with Crippen molar-refractivity contribution in [2.75, 3.05) is 19.6 Å². The van der Waals surface area contributed by atoms with Crippen LogP contribution in [0.5, 0.6) is 0 Å². The van der Waals surface area contributed by atoms with Crippen LogP contribution in [0, 0.1) is 0 Å². The normalized spacial score (nSPS) is 25.3. The molecule has 4 nitrogen and oxygen atoms in total. The zero-order valence-electron chi connectivity index (χ0n) is 6.25. The Bertz CT molecular complexity index is 200. The number of aromatic amines is 1. The van der Waals surface area contributed by atoms with Crippen LogP contribution in [0.15, 0.2) is 12.4 Å². The highest BCUT2D eigenvalue weighted by Crippen LogP contribution is 2.08. The summed E-state index contributed by atoms with van der Waals surface area (Å²) in [5.41, 5.74) is 0. The number of H-pyrrole nitrogens is 1. The molecule has 2 heterocycles. The molecule has 1 aromatic heterocycles. The summed E-state index contributed by atoms with van der Waals surface area (Å²) in [7, 11) is 0. The first-order valence-electron chi connectivity index (χ1n) is 3.83. The number of hydrogen-bond donors (Lipinski definition) is 2. The van der Waals surface area contributed by atoms with E-state index in [1.807, 2.05) is 6.20 Å². The van der Waals surface area contributed by atoms with E-state index in [4.69, 9.17) is 0 Å². The number of nitrogens with zero attached hydrogens (tertiary/aromatic N) is 2. The van der Waals surface area contributed by atoms with Crippen LogP contribution < -0.4 is 10.6 Å². The monoisotopic (exact) mass is 151 g/mol. The first-order valence-corrected chi connectivity index (χ1v) is 3.83. The Balaban J connectivity index is 2.04. The van der Waals surface area contributed by atoms with Crippen molar-refractivity contribution in [2.45, 2.75) is 6.04 Å². The molecule has 1 atom stereocenters. The molecule has 1 aliphatic heterocycles. The minimum absolute atomic E-state index is 0.235. The molecule has 0 aliphatic carbocycles. The summed E-state index contributed by atoms with van der Waals surface area (Å²) in [6, 6.07) is 0.235. The van der Waals surface area contributed by atoms with E-state index in [9.17, 15) is 0 Å². The maximum atomic E-state index is 4.42. The van der Waals surface area contributed by atoms with Crippen molar-refractivity contribution in [3.05, 3.63) is 18.2 Å². The lowest BCUT2D eigenvalue weighted by molar-refractivity contribution is 0.409. The number of rotatable bonds is 1. The van der Waals surface area contributed by atoms with Gasteiger partial charge in [0, 0.05) is 32.0 Å². The molecule has 1 aliphatic rings. The summed E-state index contributed by atoms with van der Waals surface area (Å²) >= 11 is 0. The van der Waals surface area contributed by atoms with Crippen molar-refractivity contribution in [3.8, 4) is 0 Å². The molecule has 1 saturated heterocycles. The van der Waals surface area contributed by atoms with Gasteiger partial charge in [-0.1, -0.05) is 0 Å². The van der Waals surface area contributed by atoms with Crippen LogP contribution in [0.4, 0.5) is 0 Å². The molecule has 0 amide bonds. The Labute approximate surface area is 65.4 Å². The molecule has 2 rings (SSSR count). The molecule has 0 aromatic carbocycles. The third-order valence-electron chi connectivity index (χ3n) is 1.81. The molecule has 1 unspecified atom stereocenters. The van der Waals surface area contributed by atoms with Gasteiger partial charge in [-0.3, -0.25) is 0 Å². The topological polar surface area (TPSA) is 54.8 Å². The first-order chi connectivity index (χ1) is 5.47. The van der Waals surface area contributed by atoms with Crippen molar-refractivity contribution in [3.63, 3.8) is 0 Å². The maximum Gasteiger partial charge on any atom is 0.126 e. The summed E-state index contributed by atoms with van der Waals surface area (Å²) in [6.45, 7) is 2.80. The Kier molecular flexibility index (Phi) is 1.87. The molecule has 0 bridgehead atoms. The maximum absolute atomic E-state index is 4.42. The summed E-state index contributed by atoms with van der Waals surface area (Å²) in [5.74, 6) is 0.970. The zero-order chi connectivity index (χ0) is 7.52. The summed E-state index contributed by atoms with van der Waals surface area (Å²) in [4.78, 5) is 7.21. The highest BCUT2D eigenvalue weighted by Gasteiger charge is 2.16. The molecule has 4 heteroatoms.